The molecule has 0 aliphatic carbocycles. The van der Waals surface area contributed by atoms with Gasteiger partial charge in [-0.3, -0.25) is 4.79 Å². The summed E-state index contributed by atoms with van der Waals surface area (Å²) in [7, 11) is 0. The van der Waals surface area contributed by atoms with Gasteiger partial charge in [0.1, 0.15) is 0 Å². The molecule has 0 aliphatic rings. The molecule has 102 valence electrons. The van der Waals surface area contributed by atoms with E-state index in [0.717, 1.165) is 0 Å². The van der Waals surface area contributed by atoms with Crippen molar-refractivity contribution in [1.82, 2.24) is 5.32 Å². The second-order valence-electron chi connectivity index (χ2n) is 6.98. The molecule has 1 amide bonds. The van der Waals surface area contributed by atoms with Crippen molar-refractivity contribution in [3.63, 3.8) is 0 Å². The molecule has 0 heterocycles. The lowest BCUT2D eigenvalue weighted by molar-refractivity contribution is -0.137. The van der Waals surface area contributed by atoms with Gasteiger partial charge in [0, 0.05) is 5.54 Å². The van der Waals surface area contributed by atoms with Gasteiger partial charge < -0.3 is 16.2 Å². The first kappa shape index (κ1) is 16.4. The fraction of sp³-hybridized carbons (Fsp3) is 0.923. The Bertz CT molecular complexity index is 294. The molecular weight excluding hydrogens is 216 g/mol. The number of rotatable bonds is 4. The summed E-state index contributed by atoms with van der Waals surface area (Å²) in [4.78, 5) is 12.3. The Kier molecular flexibility index (Phi) is 4.10. The van der Waals surface area contributed by atoms with Gasteiger partial charge in [0.2, 0.25) is 5.91 Å². The van der Waals surface area contributed by atoms with E-state index in [1.165, 1.54) is 0 Å². The Balaban J connectivity index is 5.02. The van der Waals surface area contributed by atoms with E-state index in [2.05, 4.69) is 5.32 Å². The van der Waals surface area contributed by atoms with Crippen molar-refractivity contribution in [1.29, 1.82) is 0 Å². The number of amides is 1. The average molecular weight is 244 g/mol. The zero-order valence-electron chi connectivity index (χ0n) is 12.4. The highest BCUT2D eigenvalue weighted by atomic mass is 16.3. The molecule has 4 heteroatoms. The largest absolute Gasteiger partial charge is 0.388 e. The van der Waals surface area contributed by atoms with Crippen LogP contribution in [0.1, 0.15) is 55.4 Å². The van der Waals surface area contributed by atoms with Gasteiger partial charge in [-0.2, -0.15) is 0 Å². The van der Waals surface area contributed by atoms with E-state index in [1.54, 1.807) is 27.7 Å². The quantitative estimate of drug-likeness (QED) is 0.700. The monoisotopic (exact) mass is 244 g/mol. The van der Waals surface area contributed by atoms with Crippen molar-refractivity contribution in [3.05, 3.63) is 0 Å². The van der Waals surface area contributed by atoms with Crippen molar-refractivity contribution in [2.24, 2.45) is 11.1 Å². The maximum atomic E-state index is 12.3. The highest BCUT2D eigenvalue weighted by Crippen LogP contribution is 2.30. The third kappa shape index (κ3) is 3.42. The lowest BCUT2D eigenvalue weighted by atomic mass is 9.73. The average Bonchev–Trinajstić information content (AvgIpc) is 1.98. The van der Waals surface area contributed by atoms with E-state index in [0.29, 0.717) is 0 Å². The predicted octanol–water partition coefficient (Wildman–Crippen LogP) is 1.42. The number of nitrogens with two attached hydrogens (primary N) is 1. The van der Waals surface area contributed by atoms with Crippen LogP contribution in [0.4, 0.5) is 0 Å². The van der Waals surface area contributed by atoms with Crippen LogP contribution in [0.15, 0.2) is 0 Å². The van der Waals surface area contributed by atoms with Crippen LogP contribution in [-0.2, 0) is 4.79 Å². The van der Waals surface area contributed by atoms with E-state index in [1.807, 2.05) is 27.7 Å². The van der Waals surface area contributed by atoms with E-state index in [4.69, 9.17) is 5.73 Å². The van der Waals surface area contributed by atoms with E-state index in [-0.39, 0.29) is 5.91 Å². The van der Waals surface area contributed by atoms with Crippen LogP contribution < -0.4 is 11.1 Å². The van der Waals surface area contributed by atoms with Crippen LogP contribution in [-0.4, -0.2) is 27.7 Å². The van der Waals surface area contributed by atoms with Crippen LogP contribution in [0, 0.1) is 5.41 Å². The zero-order valence-corrected chi connectivity index (χ0v) is 12.4. The second-order valence-corrected chi connectivity index (χ2v) is 6.98. The second kappa shape index (κ2) is 4.25. The fourth-order valence-electron chi connectivity index (χ4n) is 0.886. The Hall–Kier alpha value is -0.610. The summed E-state index contributed by atoms with van der Waals surface area (Å²) in [6.07, 6.45) is 0. The lowest BCUT2D eigenvalue weighted by Gasteiger charge is -2.43. The zero-order chi connectivity index (χ0) is 14.3. The van der Waals surface area contributed by atoms with Gasteiger partial charge in [0.15, 0.2) is 0 Å². The Labute approximate surface area is 105 Å². The van der Waals surface area contributed by atoms with Crippen LogP contribution in [0.3, 0.4) is 0 Å². The standard InChI is InChI=1S/C13H28N2O2/c1-10(2,11(3,4)14)9(16)15-12(5,6)13(7,8)17/h17H,14H2,1-8H3,(H,15,16). The third-order valence-electron chi connectivity index (χ3n) is 4.13. The highest BCUT2D eigenvalue weighted by molar-refractivity contribution is 5.84. The van der Waals surface area contributed by atoms with Crippen molar-refractivity contribution in [2.45, 2.75) is 72.1 Å². The van der Waals surface area contributed by atoms with Crippen LogP contribution in [0.25, 0.3) is 0 Å². The molecule has 0 aromatic heterocycles. The minimum Gasteiger partial charge on any atom is -0.388 e. The maximum Gasteiger partial charge on any atom is 0.228 e. The number of hydrogen-bond acceptors (Lipinski definition) is 3. The Morgan fingerprint density at radius 1 is 1.00 bits per heavy atom. The molecule has 0 spiro atoms. The minimum absolute atomic E-state index is 0.155. The van der Waals surface area contributed by atoms with E-state index >= 15 is 0 Å². The van der Waals surface area contributed by atoms with Crippen LogP contribution in [0.2, 0.25) is 0 Å². The van der Waals surface area contributed by atoms with Gasteiger partial charge in [-0.15, -0.1) is 0 Å². The van der Waals surface area contributed by atoms with Crippen molar-refractivity contribution in [2.75, 3.05) is 0 Å². The smallest absolute Gasteiger partial charge is 0.228 e. The summed E-state index contributed by atoms with van der Waals surface area (Å²) < 4.78 is 0. The van der Waals surface area contributed by atoms with Gasteiger partial charge in [-0.05, 0) is 55.4 Å². The summed E-state index contributed by atoms with van der Waals surface area (Å²) in [6.45, 7) is 14.2. The van der Waals surface area contributed by atoms with Gasteiger partial charge in [0.25, 0.3) is 0 Å². The normalized spacial score (nSPS) is 14.7. The highest BCUT2D eigenvalue weighted by Gasteiger charge is 2.44. The van der Waals surface area contributed by atoms with Gasteiger partial charge >= 0.3 is 0 Å². The number of carbonyl (C=O) groups excluding carboxylic acids is 1. The lowest BCUT2D eigenvalue weighted by Crippen LogP contribution is -2.64. The topological polar surface area (TPSA) is 75.4 Å². The molecular formula is C13H28N2O2. The number of nitrogens with one attached hydrogen (secondary N) is 1. The molecule has 0 aliphatic heterocycles. The van der Waals surface area contributed by atoms with Gasteiger partial charge in [-0.1, -0.05) is 0 Å². The predicted molar refractivity (Wildman–Crippen MR) is 70.6 cm³/mol. The summed E-state index contributed by atoms with van der Waals surface area (Å²) in [6, 6.07) is 0. The summed E-state index contributed by atoms with van der Waals surface area (Å²) >= 11 is 0. The Morgan fingerprint density at radius 3 is 1.59 bits per heavy atom. The number of hydrogen-bond donors (Lipinski definition) is 3. The van der Waals surface area contributed by atoms with Gasteiger partial charge in [-0.25, -0.2) is 0 Å². The first-order valence-electron chi connectivity index (χ1n) is 5.97. The summed E-state index contributed by atoms with van der Waals surface area (Å²) in [5.41, 5.74) is 2.96. The maximum absolute atomic E-state index is 12.3. The van der Waals surface area contributed by atoms with E-state index < -0.39 is 22.1 Å². The Morgan fingerprint density at radius 2 is 1.35 bits per heavy atom. The molecule has 0 radical (unpaired) electrons. The van der Waals surface area contributed by atoms with Crippen LogP contribution in [0.5, 0.6) is 0 Å². The van der Waals surface area contributed by atoms with Gasteiger partial charge in [0.05, 0.1) is 16.6 Å². The van der Waals surface area contributed by atoms with E-state index in [9.17, 15) is 9.90 Å². The van der Waals surface area contributed by atoms with Crippen molar-refractivity contribution < 1.29 is 9.90 Å². The molecule has 0 fully saturated rings. The minimum atomic E-state index is -1.00. The molecule has 0 rings (SSSR count). The molecule has 0 atom stereocenters. The fourth-order valence-corrected chi connectivity index (χ4v) is 0.886. The molecule has 0 saturated heterocycles. The first-order chi connectivity index (χ1) is 7.13. The van der Waals surface area contributed by atoms with Crippen LogP contribution >= 0.6 is 0 Å². The summed E-state index contributed by atoms with van der Waals surface area (Å²) in [5.74, 6) is -0.155. The molecule has 4 nitrogen and oxygen atoms in total. The first-order valence-corrected chi connectivity index (χ1v) is 5.97. The SMILES string of the molecule is CC(C)(N)C(C)(C)C(=O)NC(C)(C)C(C)(C)O. The molecule has 0 bridgehead atoms. The number of aliphatic hydroxyl groups is 1. The number of carbonyl (C=O) groups is 1. The van der Waals surface area contributed by atoms with Crippen molar-refractivity contribution >= 4 is 5.91 Å². The molecule has 0 aromatic rings. The molecule has 0 saturated carbocycles. The van der Waals surface area contributed by atoms with Crippen molar-refractivity contribution in [3.8, 4) is 0 Å². The third-order valence-corrected chi connectivity index (χ3v) is 4.13. The summed E-state index contributed by atoms with van der Waals surface area (Å²) in [5, 5.41) is 12.9. The molecule has 4 N–H and O–H groups in total. The molecule has 0 aromatic carbocycles. The molecule has 17 heavy (non-hydrogen) atoms. The molecule has 0 unspecified atom stereocenters.